The molecule has 2 aromatic rings. The summed E-state index contributed by atoms with van der Waals surface area (Å²) in [6.45, 7) is 0.182. The SMILES string of the molecule is O=C1C(C2=NS(=O)(=O)c3cc(NS(=O)(=O)C4CC4)ccc3N2)=C(O)[C@@H]2[C@H]3CC[C@H](C3)[C@@H]2N1Cc1ccc(F)cc1. The summed E-state index contributed by atoms with van der Waals surface area (Å²) in [5.74, 6) is -1.34. The van der Waals surface area contributed by atoms with Crippen LogP contribution in [0.4, 0.5) is 15.8 Å². The molecule has 3 saturated carbocycles. The summed E-state index contributed by atoms with van der Waals surface area (Å²) in [4.78, 5) is 15.4. The quantitative estimate of drug-likeness (QED) is 0.470. The highest BCUT2D eigenvalue weighted by Gasteiger charge is 2.57. The van der Waals surface area contributed by atoms with Crippen molar-refractivity contribution in [2.75, 3.05) is 10.0 Å². The number of sulfonamides is 2. The van der Waals surface area contributed by atoms with Gasteiger partial charge >= 0.3 is 0 Å². The molecule has 0 aromatic heterocycles. The minimum atomic E-state index is -4.35. The predicted octanol–water partition coefficient (Wildman–Crippen LogP) is 3.51. The molecule has 1 amide bonds. The number of aliphatic hydroxyl groups is 1. The Bertz CT molecular complexity index is 1720. The van der Waals surface area contributed by atoms with Crippen LogP contribution in [0.15, 0.2) is 63.1 Å². The van der Waals surface area contributed by atoms with E-state index >= 15 is 0 Å². The zero-order chi connectivity index (χ0) is 28.0. The van der Waals surface area contributed by atoms with Gasteiger partial charge in [0.25, 0.3) is 15.9 Å². The standard InChI is InChI=1S/C27H27FN4O6S2/c28-17-5-1-14(2-6-17)13-32-24-16-4-3-15(11-16)22(24)25(33)23(27(32)34)26-29-20-10-7-18(12-21(20)40(37,38)31-26)30-39(35,36)19-8-9-19/h1-2,5-7,10,12,15-16,19,22,24,30,33H,3-4,8-9,11,13H2,(H,29,31)/t15-,16+,22+,24-/m0/s1. The Morgan fingerprint density at radius 2 is 1.80 bits per heavy atom. The molecule has 0 spiro atoms. The monoisotopic (exact) mass is 586 g/mol. The van der Waals surface area contributed by atoms with Gasteiger partial charge in [0.1, 0.15) is 22.0 Å². The van der Waals surface area contributed by atoms with Gasteiger partial charge in [-0.1, -0.05) is 12.1 Å². The molecule has 3 aliphatic carbocycles. The lowest BCUT2D eigenvalue weighted by molar-refractivity contribution is -0.134. The van der Waals surface area contributed by atoms with Gasteiger partial charge in [0.05, 0.1) is 10.9 Å². The van der Waals surface area contributed by atoms with Crippen molar-refractivity contribution in [1.82, 2.24) is 4.90 Å². The maximum Gasteiger partial charge on any atom is 0.286 e. The van der Waals surface area contributed by atoms with Crippen LogP contribution in [0, 0.1) is 23.6 Å². The summed E-state index contributed by atoms with van der Waals surface area (Å²) in [6.07, 6.45) is 3.82. The van der Waals surface area contributed by atoms with Crippen molar-refractivity contribution in [3.8, 4) is 0 Å². The van der Waals surface area contributed by atoms with Crippen LogP contribution in [0.1, 0.15) is 37.7 Å². The number of nitrogens with one attached hydrogen (secondary N) is 2. The molecule has 40 heavy (non-hydrogen) atoms. The van der Waals surface area contributed by atoms with Crippen molar-refractivity contribution in [3.63, 3.8) is 0 Å². The van der Waals surface area contributed by atoms with E-state index in [1.165, 1.54) is 30.3 Å². The minimum Gasteiger partial charge on any atom is -0.511 e. The first kappa shape index (κ1) is 25.5. The normalized spacial score (nSPS) is 28.6. The summed E-state index contributed by atoms with van der Waals surface area (Å²) in [7, 11) is -7.96. The molecule has 0 radical (unpaired) electrons. The Balaban J connectivity index is 1.25. The third-order valence-corrected chi connectivity index (χ3v) is 11.9. The molecular weight excluding hydrogens is 559 g/mol. The Morgan fingerprint density at radius 3 is 2.52 bits per heavy atom. The number of hydrogen-bond donors (Lipinski definition) is 3. The zero-order valence-corrected chi connectivity index (χ0v) is 22.9. The van der Waals surface area contributed by atoms with Gasteiger partial charge in [-0.15, -0.1) is 4.40 Å². The van der Waals surface area contributed by atoms with Gasteiger partial charge in [-0.2, -0.15) is 8.42 Å². The van der Waals surface area contributed by atoms with E-state index in [4.69, 9.17) is 0 Å². The molecule has 2 aliphatic heterocycles. The number of anilines is 2. The summed E-state index contributed by atoms with van der Waals surface area (Å²) in [5, 5.41) is 13.9. The highest BCUT2D eigenvalue weighted by Crippen LogP contribution is 2.55. The lowest BCUT2D eigenvalue weighted by atomic mass is 9.77. The Labute approximate surface area is 231 Å². The van der Waals surface area contributed by atoms with E-state index in [9.17, 15) is 31.1 Å². The molecule has 13 heteroatoms. The maximum atomic E-state index is 14.0. The van der Waals surface area contributed by atoms with Crippen LogP contribution in [0.2, 0.25) is 0 Å². The van der Waals surface area contributed by atoms with Crippen molar-refractivity contribution in [1.29, 1.82) is 0 Å². The molecular formula is C27H27FN4O6S2. The second kappa shape index (κ2) is 8.77. The summed E-state index contributed by atoms with van der Waals surface area (Å²) in [6, 6.07) is 9.67. The van der Waals surface area contributed by atoms with Gasteiger partial charge in [-0.25, -0.2) is 12.8 Å². The van der Waals surface area contributed by atoms with Crippen molar-refractivity contribution in [2.24, 2.45) is 22.2 Å². The van der Waals surface area contributed by atoms with E-state index < -0.39 is 37.0 Å². The average molecular weight is 587 g/mol. The lowest BCUT2D eigenvalue weighted by Crippen LogP contribution is -2.53. The number of amidine groups is 1. The highest BCUT2D eigenvalue weighted by atomic mass is 32.2. The largest absolute Gasteiger partial charge is 0.511 e. The van der Waals surface area contributed by atoms with E-state index in [2.05, 4.69) is 14.4 Å². The van der Waals surface area contributed by atoms with Crippen LogP contribution in [0.25, 0.3) is 0 Å². The van der Waals surface area contributed by atoms with Gasteiger partial charge < -0.3 is 15.3 Å². The Hall–Kier alpha value is -3.45. The van der Waals surface area contributed by atoms with Crippen LogP contribution in [0.3, 0.4) is 0 Å². The van der Waals surface area contributed by atoms with Crippen LogP contribution in [-0.4, -0.2) is 49.9 Å². The average Bonchev–Trinajstić information content (AvgIpc) is 3.58. The van der Waals surface area contributed by atoms with Gasteiger partial charge in [0.15, 0.2) is 5.84 Å². The molecule has 3 N–H and O–H groups in total. The minimum absolute atomic E-state index is 0.0979. The molecule has 0 saturated heterocycles. The first-order valence-corrected chi connectivity index (χ1v) is 16.3. The van der Waals surface area contributed by atoms with Crippen LogP contribution in [-0.2, 0) is 31.4 Å². The third-order valence-electron chi connectivity index (χ3n) is 8.73. The Kier molecular flexibility index (Phi) is 5.60. The lowest BCUT2D eigenvalue weighted by Gasteiger charge is -2.44. The number of halogens is 1. The number of amides is 1. The van der Waals surface area contributed by atoms with E-state index in [1.807, 2.05) is 0 Å². The second-order valence-electron chi connectivity index (χ2n) is 11.3. The van der Waals surface area contributed by atoms with Crippen molar-refractivity contribution < 1.29 is 31.1 Å². The van der Waals surface area contributed by atoms with E-state index in [0.29, 0.717) is 12.8 Å². The summed E-state index contributed by atoms with van der Waals surface area (Å²) < 4.78 is 71.1. The fourth-order valence-electron chi connectivity index (χ4n) is 6.79. The number of fused-ring (bicyclic) bond motifs is 6. The van der Waals surface area contributed by atoms with Gasteiger partial charge in [0, 0.05) is 24.2 Å². The third kappa shape index (κ3) is 4.09. The number of carbonyl (C=O) groups is 1. The number of carbonyl (C=O) groups excluding carboxylic acids is 1. The zero-order valence-electron chi connectivity index (χ0n) is 21.2. The molecule has 3 fully saturated rings. The molecule has 2 heterocycles. The second-order valence-corrected chi connectivity index (χ2v) is 14.8. The van der Waals surface area contributed by atoms with E-state index in [-0.39, 0.29) is 63.8 Å². The fraction of sp³-hybridized carbons (Fsp3) is 0.407. The molecule has 2 bridgehead atoms. The molecule has 0 unspecified atom stereocenters. The molecule has 10 nitrogen and oxygen atoms in total. The molecule has 210 valence electrons. The van der Waals surface area contributed by atoms with Gasteiger partial charge in [-0.05, 0) is 79.8 Å². The first-order chi connectivity index (χ1) is 19.0. The maximum absolute atomic E-state index is 14.0. The molecule has 2 aromatic carbocycles. The highest BCUT2D eigenvalue weighted by molar-refractivity contribution is 7.93. The first-order valence-electron chi connectivity index (χ1n) is 13.3. The number of nitrogens with zero attached hydrogens (tertiary/aromatic N) is 2. The summed E-state index contributed by atoms with van der Waals surface area (Å²) in [5.41, 5.74) is 0.742. The summed E-state index contributed by atoms with van der Waals surface area (Å²) >= 11 is 0. The number of benzene rings is 2. The van der Waals surface area contributed by atoms with E-state index in [1.54, 1.807) is 17.0 Å². The molecule has 7 rings (SSSR count). The van der Waals surface area contributed by atoms with Crippen LogP contribution in [0.5, 0.6) is 0 Å². The number of rotatable bonds is 6. The van der Waals surface area contributed by atoms with Crippen LogP contribution >= 0.6 is 0 Å². The molecule has 5 aliphatic rings. The van der Waals surface area contributed by atoms with Crippen LogP contribution < -0.4 is 10.0 Å². The molecule has 4 atom stereocenters. The predicted molar refractivity (Wildman–Crippen MR) is 145 cm³/mol. The number of hydrogen-bond acceptors (Lipinski definition) is 7. The fourth-order valence-corrected chi connectivity index (χ4v) is 9.32. The number of aliphatic hydroxyl groups excluding tert-OH is 1. The van der Waals surface area contributed by atoms with Crippen molar-refractivity contribution in [3.05, 3.63) is 65.2 Å². The van der Waals surface area contributed by atoms with Gasteiger partial charge in [0.2, 0.25) is 10.0 Å². The van der Waals surface area contributed by atoms with Crippen molar-refractivity contribution in [2.45, 2.75) is 54.8 Å². The van der Waals surface area contributed by atoms with Crippen molar-refractivity contribution >= 4 is 43.2 Å². The Morgan fingerprint density at radius 1 is 1.07 bits per heavy atom. The topological polar surface area (TPSA) is 145 Å². The van der Waals surface area contributed by atoms with Gasteiger partial charge in [-0.3, -0.25) is 9.52 Å². The van der Waals surface area contributed by atoms with E-state index in [0.717, 1.165) is 24.8 Å². The smallest absolute Gasteiger partial charge is 0.286 e.